The van der Waals surface area contributed by atoms with Crippen LogP contribution in [0.1, 0.15) is 0 Å². The maximum absolute atomic E-state index is 11.0. The zero-order chi connectivity index (χ0) is 11.7. The molecule has 82 valence electrons. The van der Waals surface area contributed by atoms with Crippen LogP contribution >= 0.6 is 27.3 Å². The van der Waals surface area contributed by atoms with Crippen molar-refractivity contribution in [1.29, 1.82) is 0 Å². The average molecular weight is 300 g/mol. The zero-order valence-electron chi connectivity index (χ0n) is 7.86. The van der Waals surface area contributed by atoms with Crippen LogP contribution in [0, 0.1) is 0 Å². The van der Waals surface area contributed by atoms with E-state index in [1.54, 1.807) is 0 Å². The predicted octanol–water partition coefficient (Wildman–Crippen LogP) is 1.48. The molecule has 0 aliphatic heterocycles. The van der Waals surface area contributed by atoms with Crippen LogP contribution in [0.25, 0.3) is 10.2 Å². The number of primary amides is 1. The molecule has 1 aromatic heterocycles. The monoisotopic (exact) mass is 299 g/mol. The maximum Gasteiger partial charge on any atom is 0.315 e. The molecule has 0 atom stereocenters. The topological polar surface area (TPSA) is 85.1 Å². The Bertz CT molecular complexity index is 581. The van der Waals surface area contributed by atoms with Crippen LogP contribution in [0.3, 0.4) is 0 Å². The van der Waals surface area contributed by atoms with E-state index in [0.717, 1.165) is 14.7 Å². The van der Waals surface area contributed by atoms with E-state index in [-0.39, 0.29) is 0 Å². The highest BCUT2D eigenvalue weighted by molar-refractivity contribution is 9.10. The quantitative estimate of drug-likeness (QED) is 0.782. The van der Waals surface area contributed by atoms with E-state index in [1.807, 2.05) is 18.2 Å². The number of aromatic nitrogens is 1. The maximum atomic E-state index is 11.0. The second-order valence-electron chi connectivity index (χ2n) is 2.95. The molecule has 2 amide bonds. The van der Waals surface area contributed by atoms with Gasteiger partial charge < -0.3 is 5.73 Å². The van der Waals surface area contributed by atoms with Gasteiger partial charge in [-0.3, -0.25) is 14.9 Å². The molecule has 1 heterocycles. The molecule has 7 heteroatoms. The minimum Gasteiger partial charge on any atom is -0.361 e. The average Bonchev–Trinajstić information content (AvgIpc) is 2.58. The number of hydrogen-bond donors (Lipinski definition) is 2. The SMILES string of the molecule is NC(=O)C(=O)Nc1nc2ccc(Br)cc2s1. The Hall–Kier alpha value is -1.47. The molecule has 0 bridgehead atoms. The molecule has 0 radical (unpaired) electrons. The molecule has 0 saturated heterocycles. The second-order valence-corrected chi connectivity index (χ2v) is 4.90. The molecule has 0 fully saturated rings. The van der Waals surface area contributed by atoms with Gasteiger partial charge in [0.15, 0.2) is 5.13 Å². The van der Waals surface area contributed by atoms with Gasteiger partial charge in [-0.05, 0) is 18.2 Å². The van der Waals surface area contributed by atoms with Crippen LogP contribution in [-0.4, -0.2) is 16.8 Å². The predicted molar refractivity (Wildman–Crippen MR) is 65.1 cm³/mol. The summed E-state index contributed by atoms with van der Waals surface area (Å²) >= 11 is 4.61. The third kappa shape index (κ3) is 2.20. The smallest absolute Gasteiger partial charge is 0.315 e. The molecular weight excluding hydrogens is 294 g/mol. The van der Waals surface area contributed by atoms with Crippen molar-refractivity contribution in [2.24, 2.45) is 5.73 Å². The number of thiazole rings is 1. The number of nitrogens with zero attached hydrogens (tertiary/aromatic N) is 1. The van der Waals surface area contributed by atoms with E-state index < -0.39 is 11.8 Å². The van der Waals surface area contributed by atoms with Gasteiger partial charge in [0.05, 0.1) is 10.2 Å². The lowest BCUT2D eigenvalue weighted by Gasteiger charge is -1.94. The lowest BCUT2D eigenvalue weighted by atomic mass is 10.3. The van der Waals surface area contributed by atoms with Crippen LogP contribution in [0.2, 0.25) is 0 Å². The number of rotatable bonds is 1. The summed E-state index contributed by atoms with van der Waals surface area (Å²) < 4.78 is 1.84. The Kier molecular flexibility index (Phi) is 2.88. The Morgan fingerprint density at radius 1 is 1.44 bits per heavy atom. The number of nitrogens with two attached hydrogens (primary N) is 1. The fourth-order valence-electron chi connectivity index (χ4n) is 1.11. The highest BCUT2D eigenvalue weighted by Gasteiger charge is 2.11. The van der Waals surface area contributed by atoms with Gasteiger partial charge in [0.2, 0.25) is 0 Å². The number of hydrogen-bond acceptors (Lipinski definition) is 4. The summed E-state index contributed by atoms with van der Waals surface area (Å²) in [6.45, 7) is 0. The van der Waals surface area contributed by atoms with Crippen LogP contribution in [0.15, 0.2) is 22.7 Å². The largest absolute Gasteiger partial charge is 0.361 e. The van der Waals surface area contributed by atoms with Crippen molar-refractivity contribution in [3.63, 3.8) is 0 Å². The number of carbonyl (C=O) groups is 2. The van der Waals surface area contributed by atoms with Crippen molar-refractivity contribution in [3.8, 4) is 0 Å². The summed E-state index contributed by atoms with van der Waals surface area (Å²) in [6.07, 6.45) is 0. The number of carbonyl (C=O) groups excluding carboxylic acids is 2. The first-order chi connectivity index (χ1) is 7.56. The second kappa shape index (κ2) is 4.18. The molecule has 5 nitrogen and oxygen atoms in total. The zero-order valence-corrected chi connectivity index (χ0v) is 10.3. The summed E-state index contributed by atoms with van der Waals surface area (Å²) in [7, 11) is 0. The minimum atomic E-state index is -1.03. The van der Waals surface area contributed by atoms with Crippen molar-refractivity contribution in [2.75, 3.05) is 5.32 Å². The first-order valence-electron chi connectivity index (χ1n) is 4.23. The van der Waals surface area contributed by atoms with E-state index in [9.17, 15) is 9.59 Å². The number of fused-ring (bicyclic) bond motifs is 1. The van der Waals surface area contributed by atoms with Gasteiger partial charge in [-0.25, -0.2) is 4.98 Å². The Labute approximate surface area is 103 Å². The van der Waals surface area contributed by atoms with Gasteiger partial charge in [0.25, 0.3) is 0 Å². The summed E-state index contributed by atoms with van der Waals surface area (Å²) in [5.41, 5.74) is 5.58. The first kappa shape index (κ1) is 11.0. The molecule has 3 N–H and O–H groups in total. The van der Waals surface area contributed by atoms with E-state index in [1.165, 1.54) is 11.3 Å². The van der Waals surface area contributed by atoms with Crippen LogP contribution in [0.4, 0.5) is 5.13 Å². The lowest BCUT2D eigenvalue weighted by Crippen LogP contribution is -2.29. The first-order valence-corrected chi connectivity index (χ1v) is 5.84. The molecule has 0 aliphatic rings. The number of halogens is 1. The Morgan fingerprint density at radius 2 is 2.19 bits per heavy atom. The van der Waals surface area contributed by atoms with Crippen molar-refractivity contribution >= 4 is 54.4 Å². The van der Waals surface area contributed by atoms with Crippen LogP contribution in [-0.2, 0) is 9.59 Å². The van der Waals surface area contributed by atoms with E-state index in [4.69, 9.17) is 5.73 Å². The van der Waals surface area contributed by atoms with Gasteiger partial charge in [0, 0.05) is 4.47 Å². The molecule has 1 aromatic carbocycles. The number of benzene rings is 1. The molecule has 2 rings (SSSR count). The number of nitrogens with one attached hydrogen (secondary N) is 1. The van der Waals surface area contributed by atoms with Crippen LogP contribution < -0.4 is 11.1 Å². The molecule has 16 heavy (non-hydrogen) atoms. The third-order valence-corrected chi connectivity index (χ3v) is 3.22. The lowest BCUT2D eigenvalue weighted by molar-refractivity contribution is -0.134. The molecule has 2 aromatic rings. The summed E-state index contributed by atoms with van der Waals surface area (Å²) in [5, 5.41) is 2.69. The number of anilines is 1. The highest BCUT2D eigenvalue weighted by Crippen LogP contribution is 2.28. The van der Waals surface area contributed by atoms with E-state index in [0.29, 0.717) is 5.13 Å². The van der Waals surface area contributed by atoms with Gasteiger partial charge in [-0.15, -0.1) is 0 Å². The summed E-state index contributed by atoms with van der Waals surface area (Å²) in [5.74, 6) is -1.89. The normalized spacial score (nSPS) is 10.3. The van der Waals surface area contributed by atoms with Crippen LogP contribution in [0.5, 0.6) is 0 Å². The fraction of sp³-hybridized carbons (Fsp3) is 0. The molecule has 0 aliphatic carbocycles. The fourth-order valence-corrected chi connectivity index (χ4v) is 2.52. The number of amides is 2. The van der Waals surface area contributed by atoms with Crippen molar-refractivity contribution in [2.45, 2.75) is 0 Å². The molecule has 0 saturated carbocycles. The minimum absolute atomic E-state index is 0.358. The standard InChI is InChI=1S/C9H6BrN3O2S/c10-4-1-2-5-6(3-4)16-9(12-5)13-8(15)7(11)14/h1-3H,(H2,11,14)(H,12,13,15). The summed E-state index contributed by atoms with van der Waals surface area (Å²) in [4.78, 5) is 25.7. The van der Waals surface area contributed by atoms with E-state index >= 15 is 0 Å². The van der Waals surface area contributed by atoms with Crippen molar-refractivity contribution in [3.05, 3.63) is 22.7 Å². The molecule has 0 unspecified atom stereocenters. The van der Waals surface area contributed by atoms with E-state index in [2.05, 4.69) is 26.2 Å². The highest BCUT2D eigenvalue weighted by atomic mass is 79.9. The molecular formula is C9H6BrN3O2S. The Morgan fingerprint density at radius 3 is 2.88 bits per heavy atom. The van der Waals surface area contributed by atoms with Gasteiger partial charge in [0.1, 0.15) is 0 Å². The van der Waals surface area contributed by atoms with Crippen molar-refractivity contribution in [1.82, 2.24) is 4.98 Å². The van der Waals surface area contributed by atoms with Crippen molar-refractivity contribution < 1.29 is 9.59 Å². The molecule has 0 spiro atoms. The third-order valence-electron chi connectivity index (χ3n) is 1.79. The Balaban J connectivity index is 2.33. The van der Waals surface area contributed by atoms with Gasteiger partial charge >= 0.3 is 11.8 Å². The summed E-state index contributed by atoms with van der Waals surface area (Å²) in [6, 6.07) is 5.55. The van der Waals surface area contributed by atoms with Gasteiger partial charge in [-0.2, -0.15) is 0 Å². The van der Waals surface area contributed by atoms with Gasteiger partial charge in [-0.1, -0.05) is 27.3 Å².